The number of rotatable bonds is 10. The van der Waals surface area contributed by atoms with Crippen molar-refractivity contribution in [2.45, 2.75) is 55.7 Å². The summed E-state index contributed by atoms with van der Waals surface area (Å²) < 4.78 is 19.5. The van der Waals surface area contributed by atoms with E-state index in [9.17, 15) is 9.18 Å². The van der Waals surface area contributed by atoms with Crippen molar-refractivity contribution in [3.63, 3.8) is 0 Å². The Morgan fingerprint density at radius 1 is 1.28 bits per heavy atom. The molecule has 0 aliphatic carbocycles. The summed E-state index contributed by atoms with van der Waals surface area (Å²) in [6.45, 7) is 5.51. The lowest BCUT2D eigenvalue weighted by molar-refractivity contribution is -0.137. The first kappa shape index (κ1) is 24.8. The van der Waals surface area contributed by atoms with Crippen molar-refractivity contribution in [1.82, 2.24) is 0 Å². The van der Waals surface area contributed by atoms with Crippen LogP contribution in [-0.4, -0.2) is 36.2 Å². The second kappa shape index (κ2) is 11.3. The highest BCUT2D eigenvalue weighted by Gasteiger charge is 2.35. The SMILES string of the molecule is CCCCC1(CC)CSc2cc(OCCC(=O)O)c(SC)cc2N(c2ccc(F)cc2)C1. The Labute approximate surface area is 198 Å². The summed E-state index contributed by atoms with van der Waals surface area (Å²) in [7, 11) is 0. The second-order valence-electron chi connectivity index (χ2n) is 8.27. The minimum absolute atomic E-state index is 0.0320. The van der Waals surface area contributed by atoms with E-state index in [1.807, 2.05) is 30.2 Å². The fourth-order valence-electron chi connectivity index (χ4n) is 4.02. The van der Waals surface area contributed by atoms with E-state index in [4.69, 9.17) is 9.84 Å². The number of hydrogen-bond donors (Lipinski definition) is 1. The molecule has 0 aromatic heterocycles. The number of aliphatic carboxylic acids is 1. The summed E-state index contributed by atoms with van der Waals surface area (Å²) in [6, 6.07) is 10.9. The number of ether oxygens (including phenoxy) is 1. The Bertz CT molecular complexity index is 922. The number of halogens is 1. The minimum Gasteiger partial charge on any atom is -0.492 e. The number of carboxylic acids is 1. The lowest BCUT2D eigenvalue weighted by Gasteiger charge is -2.37. The molecule has 1 heterocycles. The Morgan fingerprint density at radius 3 is 2.66 bits per heavy atom. The lowest BCUT2D eigenvalue weighted by Crippen LogP contribution is -2.36. The van der Waals surface area contributed by atoms with Gasteiger partial charge in [0.15, 0.2) is 0 Å². The van der Waals surface area contributed by atoms with Crippen LogP contribution < -0.4 is 9.64 Å². The average molecular weight is 478 g/mol. The van der Waals surface area contributed by atoms with Crippen molar-refractivity contribution < 1.29 is 19.0 Å². The highest BCUT2D eigenvalue weighted by Crippen LogP contribution is 2.49. The van der Waals surface area contributed by atoms with Crippen LogP contribution in [0.4, 0.5) is 15.8 Å². The molecule has 1 N–H and O–H groups in total. The molecule has 0 radical (unpaired) electrons. The van der Waals surface area contributed by atoms with Crippen molar-refractivity contribution in [2.75, 3.05) is 30.1 Å². The van der Waals surface area contributed by atoms with Crippen molar-refractivity contribution in [3.8, 4) is 5.75 Å². The standard InChI is InChI=1S/C25H32FNO3S2/c1-4-6-12-25(5-2)16-27(19-9-7-18(26)8-10-19)20-14-23(31-3)21(15-22(20)32-17-25)30-13-11-24(28)29/h7-10,14-15H,4-6,11-13,16-17H2,1-3H3,(H,28,29). The van der Waals surface area contributed by atoms with Gasteiger partial charge in [-0.05, 0) is 60.9 Å². The third-order valence-corrected chi connectivity index (χ3v) is 8.24. The number of thioether (sulfide) groups is 2. The Morgan fingerprint density at radius 2 is 2.03 bits per heavy atom. The molecule has 0 saturated carbocycles. The quantitative estimate of drug-likeness (QED) is 0.364. The Balaban J connectivity index is 2.04. The average Bonchev–Trinajstić information content (AvgIpc) is 2.95. The van der Waals surface area contributed by atoms with E-state index in [2.05, 4.69) is 30.9 Å². The maximum atomic E-state index is 13.7. The summed E-state index contributed by atoms with van der Waals surface area (Å²) >= 11 is 3.43. The number of unbranched alkanes of at least 4 members (excludes halogenated alkanes) is 1. The van der Waals surface area contributed by atoms with E-state index >= 15 is 0 Å². The number of fused-ring (bicyclic) bond motifs is 1. The monoisotopic (exact) mass is 477 g/mol. The van der Waals surface area contributed by atoms with Crippen molar-refractivity contribution >= 4 is 40.9 Å². The molecule has 2 aromatic carbocycles. The van der Waals surface area contributed by atoms with Crippen LogP contribution in [0.25, 0.3) is 0 Å². The van der Waals surface area contributed by atoms with Gasteiger partial charge in [0.1, 0.15) is 11.6 Å². The van der Waals surface area contributed by atoms with Gasteiger partial charge in [-0.1, -0.05) is 26.7 Å². The zero-order valence-corrected chi connectivity index (χ0v) is 20.7. The molecular formula is C25H32FNO3S2. The molecule has 174 valence electrons. The predicted molar refractivity (Wildman–Crippen MR) is 132 cm³/mol. The fraction of sp³-hybridized carbons (Fsp3) is 0.480. The molecule has 0 saturated heterocycles. The van der Waals surface area contributed by atoms with Gasteiger partial charge in [0.2, 0.25) is 0 Å². The molecule has 1 unspecified atom stereocenters. The number of nitrogens with zero attached hydrogens (tertiary/aromatic N) is 1. The summed E-state index contributed by atoms with van der Waals surface area (Å²) in [5.41, 5.74) is 2.23. The first-order valence-electron chi connectivity index (χ1n) is 11.1. The number of hydrogen-bond acceptors (Lipinski definition) is 5. The maximum Gasteiger partial charge on any atom is 0.306 e. The van der Waals surface area contributed by atoms with Gasteiger partial charge in [-0.25, -0.2) is 4.39 Å². The summed E-state index contributed by atoms with van der Waals surface area (Å²) in [5, 5.41) is 8.96. The third kappa shape index (κ3) is 5.93. The highest BCUT2D eigenvalue weighted by molar-refractivity contribution is 7.99. The van der Waals surface area contributed by atoms with Gasteiger partial charge in [0, 0.05) is 22.9 Å². The fourth-order valence-corrected chi connectivity index (χ4v) is 5.98. The van der Waals surface area contributed by atoms with Gasteiger partial charge in [-0.2, -0.15) is 0 Å². The Kier molecular flexibility index (Phi) is 8.77. The second-order valence-corrected chi connectivity index (χ2v) is 10.1. The van der Waals surface area contributed by atoms with E-state index in [0.717, 1.165) is 58.5 Å². The van der Waals surface area contributed by atoms with Crippen LogP contribution in [0.3, 0.4) is 0 Å². The lowest BCUT2D eigenvalue weighted by atomic mass is 9.81. The van der Waals surface area contributed by atoms with Crippen molar-refractivity contribution in [3.05, 3.63) is 42.2 Å². The van der Waals surface area contributed by atoms with Crippen LogP contribution in [0.1, 0.15) is 46.0 Å². The first-order chi connectivity index (χ1) is 15.4. The molecule has 0 bridgehead atoms. The molecule has 0 fully saturated rings. The van der Waals surface area contributed by atoms with Gasteiger partial charge in [-0.15, -0.1) is 23.5 Å². The molecule has 0 spiro atoms. The summed E-state index contributed by atoms with van der Waals surface area (Å²) in [6.07, 6.45) is 6.53. The van der Waals surface area contributed by atoms with Crippen LogP contribution in [-0.2, 0) is 4.79 Å². The number of carbonyl (C=O) groups is 1. The number of anilines is 2. The van der Waals surface area contributed by atoms with Crippen LogP contribution in [0.15, 0.2) is 46.2 Å². The molecule has 2 aromatic rings. The van der Waals surface area contributed by atoms with Crippen LogP contribution in [0.5, 0.6) is 5.75 Å². The van der Waals surface area contributed by atoms with Gasteiger partial charge in [0.05, 0.1) is 23.6 Å². The third-order valence-electron chi connectivity index (χ3n) is 6.09. The number of benzene rings is 2. The highest BCUT2D eigenvalue weighted by atomic mass is 32.2. The molecule has 1 aliphatic rings. The normalized spacial score (nSPS) is 18.2. The predicted octanol–water partition coefficient (Wildman–Crippen LogP) is 7.23. The van der Waals surface area contributed by atoms with E-state index in [1.165, 1.54) is 18.6 Å². The van der Waals surface area contributed by atoms with E-state index in [1.54, 1.807) is 11.8 Å². The molecule has 0 amide bonds. The smallest absolute Gasteiger partial charge is 0.306 e. The summed E-state index contributed by atoms with van der Waals surface area (Å²) in [4.78, 5) is 15.3. The zero-order chi connectivity index (χ0) is 23.1. The minimum atomic E-state index is -0.869. The Hall–Kier alpha value is -1.86. The van der Waals surface area contributed by atoms with Crippen LogP contribution in [0.2, 0.25) is 0 Å². The van der Waals surface area contributed by atoms with Crippen LogP contribution in [0, 0.1) is 11.2 Å². The van der Waals surface area contributed by atoms with Crippen LogP contribution >= 0.6 is 23.5 Å². The molecule has 1 aliphatic heterocycles. The molecule has 3 rings (SSSR count). The molecule has 7 heteroatoms. The topological polar surface area (TPSA) is 49.8 Å². The van der Waals surface area contributed by atoms with Gasteiger partial charge in [0.25, 0.3) is 0 Å². The van der Waals surface area contributed by atoms with Gasteiger partial charge < -0.3 is 14.7 Å². The van der Waals surface area contributed by atoms with E-state index in [0.29, 0.717) is 0 Å². The first-order valence-corrected chi connectivity index (χ1v) is 13.3. The van der Waals surface area contributed by atoms with E-state index in [-0.39, 0.29) is 24.3 Å². The number of carboxylic acid groups (broad SMARTS) is 1. The molecule has 4 nitrogen and oxygen atoms in total. The molecular weight excluding hydrogens is 445 g/mol. The van der Waals surface area contributed by atoms with Crippen molar-refractivity contribution in [2.24, 2.45) is 5.41 Å². The zero-order valence-electron chi connectivity index (χ0n) is 19.0. The molecule has 1 atom stereocenters. The van der Waals surface area contributed by atoms with Gasteiger partial charge >= 0.3 is 5.97 Å². The van der Waals surface area contributed by atoms with Gasteiger partial charge in [-0.3, -0.25) is 4.79 Å². The molecule has 32 heavy (non-hydrogen) atoms. The maximum absolute atomic E-state index is 13.7. The van der Waals surface area contributed by atoms with E-state index < -0.39 is 5.97 Å². The largest absolute Gasteiger partial charge is 0.492 e. The van der Waals surface area contributed by atoms with Crippen molar-refractivity contribution in [1.29, 1.82) is 0 Å². The summed E-state index contributed by atoms with van der Waals surface area (Å²) in [5.74, 6) is 0.618.